The molecule has 0 aliphatic carbocycles. The largest absolute Gasteiger partial charge is 0.352 e. The maximum atomic E-state index is 12.7. The zero-order valence-corrected chi connectivity index (χ0v) is 10.4. The first-order chi connectivity index (χ1) is 7.69. The van der Waals surface area contributed by atoms with Crippen molar-refractivity contribution < 1.29 is 8.68 Å². The monoisotopic (exact) mass is 241 g/mol. The summed E-state index contributed by atoms with van der Waals surface area (Å²) in [5.74, 6) is -0.200. The molecule has 0 radical (unpaired) electrons. The summed E-state index contributed by atoms with van der Waals surface area (Å²) in [7, 11) is 0. The fourth-order valence-corrected chi connectivity index (χ4v) is 1.83. The van der Waals surface area contributed by atoms with Gasteiger partial charge in [-0.3, -0.25) is 4.79 Å². The highest BCUT2D eigenvalue weighted by molar-refractivity contribution is 7.94. The van der Waals surface area contributed by atoms with Crippen LogP contribution in [0.15, 0.2) is 23.1 Å². The summed E-state index contributed by atoms with van der Waals surface area (Å²) in [5, 5.41) is 2.78. The van der Waals surface area contributed by atoms with E-state index in [0.717, 1.165) is 18.4 Å². The average Bonchev–Trinajstić information content (AvgIpc) is 2.29. The van der Waals surface area contributed by atoms with Crippen LogP contribution in [0.2, 0.25) is 0 Å². The van der Waals surface area contributed by atoms with E-state index in [9.17, 15) is 8.68 Å². The number of nitrogens with one attached hydrogen (secondary N) is 1. The molecule has 2 nitrogen and oxygen atoms in total. The molecule has 0 saturated heterocycles. The Kier molecular flexibility index (Phi) is 5.32. The Balaban J connectivity index is 2.74. The molecule has 16 heavy (non-hydrogen) atoms. The third-order valence-electron chi connectivity index (χ3n) is 2.28. The van der Waals surface area contributed by atoms with Crippen molar-refractivity contribution in [2.75, 3.05) is 6.54 Å². The van der Waals surface area contributed by atoms with Gasteiger partial charge in [0.2, 0.25) is 0 Å². The molecular formula is C12H16FNOS. The van der Waals surface area contributed by atoms with E-state index in [1.54, 1.807) is 12.1 Å². The highest BCUT2D eigenvalue weighted by Gasteiger charge is 2.11. The molecule has 0 unspecified atom stereocenters. The lowest BCUT2D eigenvalue weighted by atomic mass is 10.1. The third-order valence-corrected chi connectivity index (χ3v) is 2.78. The molecular weight excluding hydrogens is 225 g/mol. The summed E-state index contributed by atoms with van der Waals surface area (Å²) in [5.41, 5.74) is 1.36. The van der Waals surface area contributed by atoms with E-state index in [-0.39, 0.29) is 18.1 Å². The summed E-state index contributed by atoms with van der Waals surface area (Å²) >= 11 is 0.116. The van der Waals surface area contributed by atoms with Crippen molar-refractivity contribution in [2.24, 2.45) is 0 Å². The Morgan fingerprint density at radius 2 is 2.25 bits per heavy atom. The van der Waals surface area contributed by atoms with Gasteiger partial charge in [-0.05, 0) is 31.0 Å². The highest BCUT2D eigenvalue weighted by atomic mass is 32.2. The Morgan fingerprint density at radius 1 is 1.50 bits per heavy atom. The van der Waals surface area contributed by atoms with E-state index in [4.69, 9.17) is 0 Å². The second-order valence-corrected chi connectivity index (χ2v) is 4.28. The molecule has 0 aromatic heterocycles. The summed E-state index contributed by atoms with van der Waals surface area (Å²) in [6.07, 6.45) is 1.97. The van der Waals surface area contributed by atoms with Crippen molar-refractivity contribution in [1.82, 2.24) is 5.32 Å². The van der Waals surface area contributed by atoms with Crippen LogP contribution < -0.4 is 5.32 Å². The molecule has 4 heteroatoms. The zero-order chi connectivity index (χ0) is 12.0. The normalized spacial score (nSPS) is 10.2. The van der Waals surface area contributed by atoms with Gasteiger partial charge in [0.15, 0.2) is 0 Å². The van der Waals surface area contributed by atoms with Crippen molar-refractivity contribution in [1.29, 1.82) is 0 Å². The molecule has 0 aliphatic heterocycles. The van der Waals surface area contributed by atoms with Gasteiger partial charge >= 0.3 is 0 Å². The molecule has 0 spiro atoms. The van der Waals surface area contributed by atoms with Gasteiger partial charge in [0.05, 0.1) is 22.6 Å². The van der Waals surface area contributed by atoms with Crippen molar-refractivity contribution in [3.8, 4) is 0 Å². The van der Waals surface area contributed by atoms with E-state index < -0.39 is 0 Å². The maximum Gasteiger partial charge on any atom is 0.252 e. The van der Waals surface area contributed by atoms with Crippen LogP contribution in [0.5, 0.6) is 0 Å². The first-order valence-corrected chi connectivity index (χ1v) is 6.08. The average molecular weight is 241 g/mol. The summed E-state index contributed by atoms with van der Waals surface area (Å²) < 4.78 is 12.7. The number of hydrogen-bond acceptors (Lipinski definition) is 2. The van der Waals surface area contributed by atoms with Gasteiger partial charge in [0.1, 0.15) is 0 Å². The van der Waals surface area contributed by atoms with Crippen molar-refractivity contribution >= 4 is 18.1 Å². The summed E-state index contributed by atoms with van der Waals surface area (Å²) in [6.45, 7) is 4.57. The van der Waals surface area contributed by atoms with Crippen molar-refractivity contribution in [3.63, 3.8) is 0 Å². The molecule has 1 aromatic carbocycles. The SMILES string of the molecule is CCCCNC(=O)c1ccc(C)cc1SF. The van der Waals surface area contributed by atoms with Crippen LogP contribution in [0.25, 0.3) is 0 Å². The fourth-order valence-electron chi connectivity index (χ4n) is 1.35. The highest BCUT2D eigenvalue weighted by Crippen LogP contribution is 2.24. The van der Waals surface area contributed by atoms with E-state index in [0.29, 0.717) is 17.0 Å². The molecule has 0 fully saturated rings. The van der Waals surface area contributed by atoms with Gasteiger partial charge < -0.3 is 5.32 Å². The number of benzene rings is 1. The van der Waals surface area contributed by atoms with E-state index >= 15 is 0 Å². The smallest absolute Gasteiger partial charge is 0.252 e. The number of unbranched alkanes of at least 4 members (excludes halogenated alkanes) is 1. The van der Waals surface area contributed by atoms with Gasteiger partial charge in [-0.1, -0.05) is 19.4 Å². The van der Waals surface area contributed by atoms with Gasteiger partial charge in [0, 0.05) is 6.54 Å². The Morgan fingerprint density at radius 3 is 2.88 bits per heavy atom. The van der Waals surface area contributed by atoms with Crippen LogP contribution in [0, 0.1) is 6.92 Å². The lowest BCUT2D eigenvalue weighted by molar-refractivity contribution is 0.0950. The lowest BCUT2D eigenvalue weighted by Crippen LogP contribution is -2.24. The van der Waals surface area contributed by atoms with Gasteiger partial charge in [-0.2, -0.15) is 3.89 Å². The number of hydrogen-bond donors (Lipinski definition) is 1. The van der Waals surface area contributed by atoms with Gasteiger partial charge in [0.25, 0.3) is 5.91 Å². The van der Waals surface area contributed by atoms with E-state index in [2.05, 4.69) is 12.2 Å². The van der Waals surface area contributed by atoms with Crippen molar-refractivity contribution in [2.45, 2.75) is 31.6 Å². The number of carbonyl (C=O) groups excluding carboxylic acids is 1. The number of rotatable bonds is 5. The second-order valence-electron chi connectivity index (χ2n) is 3.69. The van der Waals surface area contributed by atoms with Crippen LogP contribution >= 0.6 is 12.1 Å². The van der Waals surface area contributed by atoms with Crippen LogP contribution in [-0.4, -0.2) is 12.5 Å². The van der Waals surface area contributed by atoms with Crippen LogP contribution in [0.1, 0.15) is 35.7 Å². The Bertz CT molecular complexity index is 368. The first-order valence-electron chi connectivity index (χ1n) is 5.36. The minimum absolute atomic E-state index is 0.116. The molecule has 0 aliphatic rings. The molecule has 1 rings (SSSR count). The first kappa shape index (κ1) is 13.0. The molecule has 0 saturated carbocycles. The van der Waals surface area contributed by atoms with Crippen LogP contribution in [0.3, 0.4) is 0 Å². The van der Waals surface area contributed by atoms with E-state index in [1.807, 2.05) is 13.0 Å². The van der Waals surface area contributed by atoms with Crippen molar-refractivity contribution in [3.05, 3.63) is 29.3 Å². The summed E-state index contributed by atoms with van der Waals surface area (Å²) in [4.78, 5) is 12.1. The minimum Gasteiger partial charge on any atom is -0.352 e. The lowest BCUT2D eigenvalue weighted by Gasteiger charge is -2.07. The van der Waals surface area contributed by atoms with E-state index in [1.165, 1.54) is 0 Å². The quantitative estimate of drug-likeness (QED) is 0.799. The predicted octanol–water partition coefficient (Wildman–Crippen LogP) is 3.50. The predicted molar refractivity (Wildman–Crippen MR) is 65.4 cm³/mol. The van der Waals surface area contributed by atoms with Gasteiger partial charge in [-0.15, -0.1) is 0 Å². The van der Waals surface area contributed by atoms with Crippen LogP contribution in [0.4, 0.5) is 3.89 Å². The number of carbonyl (C=O) groups is 1. The molecule has 1 N–H and O–H groups in total. The molecule has 0 bridgehead atoms. The molecule has 88 valence electrons. The topological polar surface area (TPSA) is 29.1 Å². The third kappa shape index (κ3) is 3.52. The Hall–Kier alpha value is -1.03. The Labute approximate surface area is 99.9 Å². The minimum atomic E-state index is -0.200. The molecule has 0 heterocycles. The maximum absolute atomic E-state index is 12.7. The van der Waals surface area contributed by atoms with Crippen LogP contribution in [-0.2, 0) is 0 Å². The number of halogens is 1. The second kappa shape index (κ2) is 6.53. The molecule has 0 atom stereocenters. The fraction of sp³-hybridized carbons (Fsp3) is 0.417. The number of amides is 1. The summed E-state index contributed by atoms with van der Waals surface area (Å²) in [6, 6.07) is 5.16. The molecule has 1 amide bonds. The zero-order valence-electron chi connectivity index (χ0n) is 9.55. The standard InChI is InChI=1S/C12H16FNOS/c1-3-4-7-14-12(15)10-6-5-9(2)8-11(10)16-13/h5-6,8H,3-4,7H2,1-2H3,(H,14,15). The number of aryl methyl sites for hydroxylation is 1. The van der Waals surface area contributed by atoms with Gasteiger partial charge in [-0.25, -0.2) is 0 Å². The molecule has 1 aromatic rings.